The van der Waals surface area contributed by atoms with Crippen molar-refractivity contribution in [1.29, 1.82) is 0 Å². The van der Waals surface area contributed by atoms with E-state index in [9.17, 15) is 18.0 Å². The van der Waals surface area contributed by atoms with Gasteiger partial charge in [-0.3, -0.25) is 14.9 Å². The molecule has 2 atom stereocenters. The Morgan fingerprint density at radius 2 is 2.08 bits per heavy atom. The molecular weight excluding hydrogens is 352 g/mol. The van der Waals surface area contributed by atoms with Crippen LogP contribution in [0.1, 0.15) is 18.9 Å². The number of anilines is 1. The normalized spacial score (nSPS) is 19.6. The van der Waals surface area contributed by atoms with E-state index in [1.54, 1.807) is 31.4 Å². The Bertz CT molecular complexity index is 711. The van der Waals surface area contributed by atoms with Gasteiger partial charge >= 0.3 is 6.09 Å². The molecule has 0 aliphatic carbocycles. The average Bonchev–Trinajstić information content (AvgIpc) is 2.94. The quantitative estimate of drug-likeness (QED) is 0.360. The van der Waals surface area contributed by atoms with Crippen LogP contribution >= 0.6 is 0 Å². The molecule has 1 aromatic rings. The van der Waals surface area contributed by atoms with Gasteiger partial charge in [0.2, 0.25) is 0 Å². The summed E-state index contributed by atoms with van der Waals surface area (Å²) in [5, 5.41) is 8.75. The standard InChI is InChI=1S/C15H20N2O7S/c1-15(25(21)22,13(18)16-20)7-12-8-17(14(19)24-12)11-5-3-10(4-6-11)9-23-2/h3-6,12,20,25H,7-9H2,1-2H3,(H,16,18)/t12-,15+/m0/s1. The molecule has 1 aliphatic rings. The lowest BCUT2D eigenvalue weighted by molar-refractivity contribution is -0.132. The SMILES string of the molecule is COCc1ccc(N2C[C@H](C[C@](C)(C(=O)NO)[SH](=O)=O)OC2=O)cc1. The fraction of sp³-hybridized carbons (Fsp3) is 0.467. The number of ether oxygens (including phenoxy) is 2. The van der Waals surface area contributed by atoms with Gasteiger partial charge < -0.3 is 9.47 Å². The van der Waals surface area contributed by atoms with E-state index in [2.05, 4.69) is 0 Å². The van der Waals surface area contributed by atoms with Crippen LogP contribution in [0, 0.1) is 0 Å². The molecule has 138 valence electrons. The molecule has 0 spiro atoms. The summed E-state index contributed by atoms with van der Waals surface area (Å²) in [7, 11) is -1.61. The number of carbonyl (C=O) groups is 2. The molecule has 1 saturated heterocycles. The highest BCUT2D eigenvalue weighted by molar-refractivity contribution is 7.75. The maximum absolute atomic E-state index is 12.1. The Labute approximate surface area is 146 Å². The third-order valence-electron chi connectivity index (χ3n) is 4.05. The van der Waals surface area contributed by atoms with Crippen molar-refractivity contribution < 1.29 is 32.7 Å². The van der Waals surface area contributed by atoms with Gasteiger partial charge in [0, 0.05) is 19.2 Å². The monoisotopic (exact) mass is 372 g/mol. The van der Waals surface area contributed by atoms with E-state index in [1.807, 2.05) is 0 Å². The van der Waals surface area contributed by atoms with E-state index < -0.39 is 33.6 Å². The highest BCUT2D eigenvalue weighted by atomic mass is 32.2. The zero-order chi connectivity index (χ0) is 18.6. The Balaban J connectivity index is 2.12. The van der Waals surface area contributed by atoms with Crippen molar-refractivity contribution in [3.05, 3.63) is 29.8 Å². The van der Waals surface area contributed by atoms with E-state index in [0.29, 0.717) is 12.3 Å². The van der Waals surface area contributed by atoms with Gasteiger partial charge in [0.05, 0.1) is 13.2 Å². The predicted octanol–water partition coefficient (Wildman–Crippen LogP) is 0.424. The van der Waals surface area contributed by atoms with Gasteiger partial charge in [0.25, 0.3) is 5.91 Å². The minimum Gasteiger partial charge on any atom is -0.444 e. The second-order valence-electron chi connectivity index (χ2n) is 5.89. The number of cyclic esters (lactones) is 1. The summed E-state index contributed by atoms with van der Waals surface area (Å²) in [6, 6.07) is 7.06. The largest absolute Gasteiger partial charge is 0.444 e. The maximum atomic E-state index is 12.1. The van der Waals surface area contributed by atoms with E-state index in [4.69, 9.17) is 14.7 Å². The van der Waals surface area contributed by atoms with Crippen LogP contribution in [0.4, 0.5) is 10.5 Å². The van der Waals surface area contributed by atoms with Crippen molar-refractivity contribution in [2.24, 2.45) is 0 Å². The van der Waals surface area contributed by atoms with Gasteiger partial charge in [-0.05, 0) is 24.6 Å². The van der Waals surface area contributed by atoms with Crippen LogP contribution in [0.15, 0.2) is 24.3 Å². The number of hydroxylamine groups is 1. The molecule has 9 nitrogen and oxygen atoms in total. The summed E-state index contributed by atoms with van der Waals surface area (Å²) in [6.07, 6.45) is -1.69. The van der Waals surface area contributed by atoms with Crippen LogP contribution < -0.4 is 10.4 Å². The van der Waals surface area contributed by atoms with Crippen molar-refractivity contribution in [3.63, 3.8) is 0 Å². The molecule has 2 amide bonds. The Morgan fingerprint density at radius 3 is 2.60 bits per heavy atom. The number of rotatable bonds is 7. The first kappa shape index (κ1) is 19.2. The van der Waals surface area contributed by atoms with Crippen LogP contribution in [0.3, 0.4) is 0 Å². The highest BCUT2D eigenvalue weighted by Gasteiger charge is 2.44. The zero-order valence-corrected chi connectivity index (χ0v) is 14.7. The Morgan fingerprint density at radius 1 is 1.44 bits per heavy atom. The van der Waals surface area contributed by atoms with Gasteiger partial charge in [-0.15, -0.1) is 0 Å². The first-order valence-electron chi connectivity index (χ1n) is 7.47. The summed E-state index contributed by atoms with van der Waals surface area (Å²) in [6.45, 7) is 1.71. The van der Waals surface area contributed by atoms with Crippen molar-refractivity contribution >= 4 is 28.4 Å². The summed E-state index contributed by atoms with van der Waals surface area (Å²) >= 11 is 0. The van der Waals surface area contributed by atoms with E-state index in [-0.39, 0.29) is 13.0 Å². The topological polar surface area (TPSA) is 122 Å². The minimum atomic E-state index is -3.19. The average molecular weight is 372 g/mol. The number of hydrogen-bond acceptors (Lipinski definition) is 7. The molecule has 2 rings (SSSR count). The predicted molar refractivity (Wildman–Crippen MR) is 88.0 cm³/mol. The van der Waals surface area contributed by atoms with Gasteiger partial charge in [-0.1, -0.05) is 12.1 Å². The molecule has 1 fully saturated rings. The number of benzene rings is 1. The van der Waals surface area contributed by atoms with Gasteiger partial charge in [-0.25, -0.2) is 18.7 Å². The molecule has 1 aliphatic heterocycles. The molecule has 1 heterocycles. The molecule has 0 radical (unpaired) electrons. The lowest BCUT2D eigenvalue weighted by atomic mass is 10.0. The second kappa shape index (κ2) is 7.81. The third kappa shape index (κ3) is 4.09. The maximum Gasteiger partial charge on any atom is 0.414 e. The number of thiol groups is 1. The summed E-state index contributed by atoms with van der Waals surface area (Å²) in [5.41, 5.74) is 2.87. The van der Waals surface area contributed by atoms with Crippen molar-refractivity contribution in [2.45, 2.75) is 30.8 Å². The molecule has 10 heteroatoms. The molecular formula is C15H20N2O7S. The van der Waals surface area contributed by atoms with Crippen molar-refractivity contribution in [3.8, 4) is 0 Å². The minimum absolute atomic E-state index is 0.0972. The van der Waals surface area contributed by atoms with E-state index in [0.717, 1.165) is 5.56 Å². The zero-order valence-electron chi connectivity index (χ0n) is 13.8. The molecule has 0 unspecified atom stereocenters. The van der Waals surface area contributed by atoms with Crippen LogP contribution in [0.2, 0.25) is 0 Å². The van der Waals surface area contributed by atoms with Crippen LogP contribution in [-0.4, -0.2) is 50.1 Å². The fourth-order valence-electron chi connectivity index (χ4n) is 2.59. The molecule has 0 aromatic heterocycles. The van der Waals surface area contributed by atoms with Gasteiger partial charge in [0.1, 0.15) is 6.10 Å². The number of hydrogen-bond donors (Lipinski definition) is 3. The number of methoxy groups -OCH3 is 1. The van der Waals surface area contributed by atoms with E-state index in [1.165, 1.54) is 17.3 Å². The molecule has 0 bridgehead atoms. The first-order valence-corrected chi connectivity index (χ1v) is 8.64. The smallest absolute Gasteiger partial charge is 0.414 e. The van der Waals surface area contributed by atoms with Crippen LogP contribution in [0.5, 0.6) is 0 Å². The van der Waals surface area contributed by atoms with Crippen LogP contribution in [0.25, 0.3) is 0 Å². The molecule has 2 N–H and O–H groups in total. The Hall–Kier alpha value is -2.17. The number of nitrogens with one attached hydrogen (secondary N) is 1. The third-order valence-corrected chi connectivity index (χ3v) is 5.24. The summed E-state index contributed by atoms with van der Waals surface area (Å²) < 4.78 is 31.2. The number of amides is 2. The lowest BCUT2D eigenvalue weighted by Crippen LogP contribution is -2.47. The Kier molecular flexibility index (Phi) is 5.98. The van der Waals surface area contributed by atoms with E-state index >= 15 is 0 Å². The summed E-state index contributed by atoms with van der Waals surface area (Å²) in [4.78, 5) is 25.1. The lowest BCUT2D eigenvalue weighted by Gasteiger charge is -2.22. The first-order chi connectivity index (χ1) is 11.8. The highest BCUT2D eigenvalue weighted by Crippen LogP contribution is 2.27. The van der Waals surface area contributed by atoms with Crippen molar-refractivity contribution in [2.75, 3.05) is 18.6 Å². The number of carbonyl (C=O) groups excluding carboxylic acids is 2. The summed E-state index contributed by atoms with van der Waals surface area (Å²) in [5.74, 6) is -1.07. The van der Waals surface area contributed by atoms with Crippen molar-refractivity contribution in [1.82, 2.24) is 5.48 Å². The molecule has 25 heavy (non-hydrogen) atoms. The van der Waals surface area contributed by atoms with Crippen LogP contribution in [-0.2, 0) is 31.6 Å². The molecule has 0 saturated carbocycles. The second-order valence-corrected chi connectivity index (χ2v) is 7.39. The fourth-order valence-corrected chi connectivity index (χ4v) is 3.16. The van der Waals surface area contributed by atoms with Gasteiger partial charge in [-0.2, -0.15) is 0 Å². The number of nitrogens with zero attached hydrogens (tertiary/aromatic N) is 1. The molecule has 1 aromatic carbocycles. The van der Waals surface area contributed by atoms with Gasteiger partial charge in [0.15, 0.2) is 15.5 Å².